The summed E-state index contributed by atoms with van der Waals surface area (Å²) in [5, 5.41) is 35.4. The van der Waals surface area contributed by atoms with Gasteiger partial charge in [-0.2, -0.15) is 10.2 Å². The van der Waals surface area contributed by atoms with Crippen molar-refractivity contribution < 1.29 is 43.3 Å². The van der Waals surface area contributed by atoms with Crippen molar-refractivity contribution in [1.82, 2.24) is 43.6 Å². The van der Waals surface area contributed by atoms with E-state index in [0.29, 0.717) is 60.0 Å². The van der Waals surface area contributed by atoms with Gasteiger partial charge in [-0.25, -0.2) is 19.6 Å². The summed E-state index contributed by atoms with van der Waals surface area (Å²) in [5.41, 5.74) is 3.30. The molecule has 1 unspecified atom stereocenters. The number of likely N-dealkylation sites (tertiary alicyclic amines) is 1. The van der Waals surface area contributed by atoms with Crippen LogP contribution in [0, 0.1) is 13.8 Å². The van der Waals surface area contributed by atoms with E-state index in [1.54, 1.807) is 44.5 Å². The molecule has 6 heterocycles. The molecule has 0 saturated carbocycles. The van der Waals surface area contributed by atoms with E-state index >= 15 is 0 Å². The van der Waals surface area contributed by atoms with Crippen LogP contribution in [0.4, 0.5) is 11.9 Å². The number of rotatable bonds is 11. The summed E-state index contributed by atoms with van der Waals surface area (Å²) in [5.74, 6) is -2.56. The fourth-order valence-corrected chi connectivity index (χ4v) is 9.89. The Labute approximate surface area is 394 Å². The molecule has 0 aliphatic carbocycles. The molecule has 4 N–H and O–H groups in total. The highest BCUT2D eigenvalue weighted by Gasteiger charge is 2.41. The third-order valence-corrected chi connectivity index (χ3v) is 17.5. The van der Waals surface area contributed by atoms with Gasteiger partial charge in [-0.05, 0) is 88.6 Å². The van der Waals surface area contributed by atoms with Gasteiger partial charge in [0.1, 0.15) is 47.1 Å². The molecule has 2 amide bonds. The lowest BCUT2D eigenvalue weighted by molar-refractivity contribution is 0.0686. The number of carboxylic acid groups (broad SMARTS) is 2. The van der Waals surface area contributed by atoms with E-state index in [9.17, 15) is 29.4 Å². The number of imidazole rings is 2. The molecule has 0 bridgehead atoms. The minimum atomic E-state index is -2.15. The SMILES string of the molecule is CCn1nc(C)cc1C(=O)Nc1nc2cc(C(=O)O)cc3c2n1C/C=C/Cn1c(NC(=O)c2cc(C)nn2CC)nc2cc(C(=O)O)cc(c21)OCC(N1CCC(O[Si](C)(C)C(C)(C)C)C1)CO3. The zero-order valence-corrected chi connectivity index (χ0v) is 40.9. The van der Waals surface area contributed by atoms with Crippen molar-refractivity contribution in [3.05, 3.63) is 82.5 Å². The van der Waals surface area contributed by atoms with E-state index in [0.717, 1.165) is 6.42 Å². The minimum absolute atomic E-state index is 0.00944. The van der Waals surface area contributed by atoms with Gasteiger partial charge in [-0.3, -0.25) is 34.5 Å². The Morgan fingerprint density at radius 1 is 0.750 bits per heavy atom. The number of hydrogen-bond donors (Lipinski definition) is 4. The monoisotopic (exact) mass is 949 g/mol. The predicted octanol–water partition coefficient (Wildman–Crippen LogP) is 6.83. The Kier molecular flexibility index (Phi) is 13.1. The molecule has 68 heavy (non-hydrogen) atoms. The molecule has 1 saturated heterocycles. The van der Waals surface area contributed by atoms with Crippen molar-refractivity contribution in [2.75, 3.05) is 36.9 Å². The molecule has 2 aromatic carbocycles. The molecule has 1 fully saturated rings. The van der Waals surface area contributed by atoms with Crippen LogP contribution in [0.3, 0.4) is 0 Å². The minimum Gasteiger partial charge on any atom is -0.490 e. The number of aryl methyl sites for hydroxylation is 4. The van der Waals surface area contributed by atoms with Gasteiger partial charge in [0.25, 0.3) is 11.8 Å². The Balaban J connectivity index is 1.26. The van der Waals surface area contributed by atoms with Crippen LogP contribution >= 0.6 is 0 Å². The van der Waals surface area contributed by atoms with Gasteiger partial charge in [0.2, 0.25) is 11.9 Å². The van der Waals surface area contributed by atoms with Gasteiger partial charge < -0.3 is 33.2 Å². The topological polar surface area (TPSA) is 235 Å². The number of carbonyl (C=O) groups is 4. The second-order valence-electron chi connectivity index (χ2n) is 18.8. The highest BCUT2D eigenvalue weighted by atomic mass is 28.4. The van der Waals surface area contributed by atoms with Crippen molar-refractivity contribution >= 4 is 66.0 Å². The van der Waals surface area contributed by atoms with E-state index in [1.807, 2.05) is 26.0 Å². The lowest BCUT2D eigenvalue weighted by Gasteiger charge is -2.38. The second kappa shape index (κ2) is 18.7. The quantitative estimate of drug-likeness (QED) is 0.0770. The zero-order chi connectivity index (χ0) is 48.8. The smallest absolute Gasteiger partial charge is 0.335 e. The third-order valence-electron chi connectivity index (χ3n) is 13.0. The number of carbonyl (C=O) groups excluding carboxylic acids is 2. The average Bonchev–Trinajstić information content (AvgIpc) is 4.11. The number of nitrogens with zero attached hydrogens (tertiary/aromatic N) is 9. The molecule has 360 valence electrons. The first-order valence-electron chi connectivity index (χ1n) is 22.8. The molecule has 20 nitrogen and oxygen atoms in total. The number of benzene rings is 2. The first-order chi connectivity index (χ1) is 32.2. The summed E-state index contributed by atoms with van der Waals surface area (Å²) in [6.45, 7) is 20.8. The number of nitrogens with one attached hydrogen (secondary N) is 2. The van der Waals surface area contributed by atoms with Gasteiger partial charge in [0.15, 0.2) is 8.32 Å². The predicted molar refractivity (Wildman–Crippen MR) is 257 cm³/mol. The molecule has 21 heteroatoms. The van der Waals surface area contributed by atoms with Crippen molar-refractivity contribution in [2.45, 2.75) is 111 Å². The third kappa shape index (κ3) is 9.50. The number of aromatic nitrogens is 8. The molecular formula is C47H59N11O9Si. The van der Waals surface area contributed by atoms with Gasteiger partial charge in [-0.15, -0.1) is 0 Å². The van der Waals surface area contributed by atoms with Crippen LogP contribution in [0.25, 0.3) is 22.1 Å². The molecule has 0 spiro atoms. The van der Waals surface area contributed by atoms with Crippen molar-refractivity contribution in [3.8, 4) is 11.5 Å². The molecule has 1 atom stereocenters. The number of ether oxygens (including phenoxy) is 2. The largest absolute Gasteiger partial charge is 0.490 e. The maximum absolute atomic E-state index is 13.9. The lowest BCUT2D eigenvalue weighted by atomic mass is 10.1. The van der Waals surface area contributed by atoms with Crippen LogP contribution in [0.15, 0.2) is 48.6 Å². The lowest BCUT2D eigenvalue weighted by Crippen LogP contribution is -2.46. The summed E-state index contributed by atoms with van der Waals surface area (Å²) in [6.07, 6.45) is 4.36. The molecule has 2 aliphatic rings. The number of hydrogen-bond acceptors (Lipinski definition) is 12. The highest BCUT2D eigenvalue weighted by Crippen LogP contribution is 2.39. The van der Waals surface area contributed by atoms with Crippen molar-refractivity contribution in [2.24, 2.45) is 0 Å². The standard InChI is InChI=1S/C47H59N11O9Si/c1-10-57-35(18-27(3)52-57)41(59)50-45-48-33-20-29(43(61)62)22-37-39(33)55(45)15-12-13-16-56-40-34(49-46(56)51-42(60)36-19-28(4)53-58(36)11-2)21-30(44(63)64)23-38(40)66-26-31(25-65-37)54-17-14-32(24-54)67-68(8,9)47(5,6)7/h12-13,18-23,31-32H,10-11,14-17,24-26H2,1-9H3,(H,61,62)(H,63,64)(H,48,50,59)(H,49,51,60)/b13-12+. The maximum atomic E-state index is 13.9. The average molecular weight is 950 g/mol. The number of carboxylic acids is 2. The second-order valence-corrected chi connectivity index (χ2v) is 23.6. The summed E-state index contributed by atoms with van der Waals surface area (Å²) in [6, 6.07) is 8.69. The van der Waals surface area contributed by atoms with Crippen molar-refractivity contribution in [1.29, 1.82) is 0 Å². The first kappa shape index (κ1) is 47.6. The highest BCUT2D eigenvalue weighted by molar-refractivity contribution is 6.74. The van der Waals surface area contributed by atoms with Crippen LogP contribution in [0.1, 0.15) is 94.1 Å². The molecule has 8 rings (SSSR count). The Hall–Kier alpha value is -6.84. The van der Waals surface area contributed by atoms with Crippen LogP contribution in [0.5, 0.6) is 11.5 Å². The fraction of sp³-hybridized carbons (Fsp3) is 0.447. The van der Waals surface area contributed by atoms with E-state index in [-0.39, 0.29) is 83.0 Å². The molecule has 4 aromatic heterocycles. The molecule has 6 aromatic rings. The fourth-order valence-electron chi connectivity index (χ4n) is 8.51. The van der Waals surface area contributed by atoms with Gasteiger partial charge >= 0.3 is 11.9 Å². The number of amides is 2. The van der Waals surface area contributed by atoms with Gasteiger partial charge in [-0.1, -0.05) is 32.9 Å². The van der Waals surface area contributed by atoms with Crippen LogP contribution < -0.4 is 20.1 Å². The molecule has 2 aliphatic heterocycles. The summed E-state index contributed by atoms with van der Waals surface area (Å²) >= 11 is 0. The van der Waals surface area contributed by atoms with E-state index in [4.69, 9.17) is 23.9 Å². The first-order valence-corrected chi connectivity index (χ1v) is 25.7. The maximum Gasteiger partial charge on any atom is 0.335 e. The normalized spacial score (nSPS) is 16.8. The Bertz CT molecular complexity index is 2800. The number of anilines is 2. The molecule has 0 radical (unpaired) electrons. The van der Waals surface area contributed by atoms with Gasteiger partial charge in [0, 0.05) is 39.3 Å². The van der Waals surface area contributed by atoms with Crippen LogP contribution in [-0.4, -0.2) is 124 Å². The number of allylic oxidation sites excluding steroid dienone is 2. The van der Waals surface area contributed by atoms with E-state index in [2.05, 4.69) is 59.6 Å². The van der Waals surface area contributed by atoms with Crippen molar-refractivity contribution in [3.63, 3.8) is 0 Å². The van der Waals surface area contributed by atoms with Crippen LogP contribution in [-0.2, 0) is 30.6 Å². The summed E-state index contributed by atoms with van der Waals surface area (Å²) in [4.78, 5) is 64.9. The van der Waals surface area contributed by atoms with E-state index < -0.39 is 38.1 Å². The van der Waals surface area contributed by atoms with E-state index in [1.165, 1.54) is 24.3 Å². The summed E-state index contributed by atoms with van der Waals surface area (Å²) in [7, 11) is -2.15. The zero-order valence-electron chi connectivity index (χ0n) is 39.9. The van der Waals surface area contributed by atoms with Gasteiger partial charge in [0.05, 0.1) is 45.7 Å². The Morgan fingerprint density at radius 3 is 1.62 bits per heavy atom. The Morgan fingerprint density at radius 2 is 1.21 bits per heavy atom. The summed E-state index contributed by atoms with van der Waals surface area (Å²) < 4.78 is 27.0. The molecular weight excluding hydrogens is 891 g/mol. The number of aromatic carboxylic acids is 2. The van der Waals surface area contributed by atoms with Crippen LogP contribution in [0.2, 0.25) is 18.1 Å².